The van der Waals surface area contributed by atoms with Crippen LogP contribution in [0, 0.1) is 29.9 Å². The number of thiazole rings is 1. The maximum atomic E-state index is 13.6. The molecular weight excluding hydrogens is 268 g/mol. The number of hydrogen-bond donors (Lipinski definition) is 1. The van der Waals surface area contributed by atoms with E-state index in [9.17, 15) is 8.78 Å². The maximum Gasteiger partial charge on any atom is 0.131 e. The van der Waals surface area contributed by atoms with Crippen LogP contribution in [0.25, 0.3) is 0 Å². The summed E-state index contributed by atoms with van der Waals surface area (Å²) < 4.78 is 27.2. The molecule has 0 saturated heterocycles. The van der Waals surface area contributed by atoms with Crippen molar-refractivity contribution in [1.82, 2.24) is 10.3 Å². The van der Waals surface area contributed by atoms with E-state index in [1.54, 1.807) is 12.3 Å². The SMILES string of the molecule is Cc1ncc(CNCc2c(F)cc(C#N)cc2F)s1. The molecule has 1 aromatic carbocycles. The van der Waals surface area contributed by atoms with Crippen molar-refractivity contribution in [3.8, 4) is 6.07 Å². The molecule has 0 saturated carbocycles. The normalized spacial score (nSPS) is 10.4. The highest BCUT2D eigenvalue weighted by atomic mass is 32.1. The van der Waals surface area contributed by atoms with E-state index >= 15 is 0 Å². The van der Waals surface area contributed by atoms with Crippen molar-refractivity contribution in [2.24, 2.45) is 0 Å². The van der Waals surface area contributed by atoms with Crippen LogP contribution in [-0.4, -0.2) is 4.98 Å². The molecule has 0 amide bonds. The Bertz CT molecular complexity index is 608. The fourth-order valence-electron chi connectivity index (χ4n) is 1.63. The van der Waals surface area contributed by atoms with Crippen molar-refractivity contribution < 1.29 is 8.78 Å². The molecule has 2 rings (SSSR count). The van der Waals surface area contributed by atoms with E-state index in [2.05, 4.69) is 10.3 Å². The third kappa shape index (κ3) is 3.34. The minimum Gasteiger partial charge on any atom is -0.308 e. The average molecular weight is 279 g/mol. The largest absolute Gasteiger partial charge is 0.308 e. The lowest BCUT2D eigenvalue weighted by atomic mass is 10.1. The predicted molar refractivity (Wildman–Crippen MR) is 68.5 cm³/mol. The van der Waals surface area contributed by atoms with E-state index in [1.165, 1.54) is 11.3 Å². The van der Waals surface area contributed by atoms with E-state index in [0.29, 0.717) is 6.54 Å². The summed E-state index contributed by atoms with van der Waals surface area (Å²) in [6.07, 6.45) is 1.73. The molecule has 3 nitrogen and oxygen atoms in total. The van der Waals surface area contributed by atoms with Gasteiger partial charge in [0, 0.05) is 29.7 Å². The smallest absolute Gasteiger partial charge is 0.131 e. The molecule has 0 spiro atoms. The second-order valence-electron chi connectivity index (χ2n) is 3.98. The molecule has 0 atom stereocenters. The number of aromatic nitrogens is 1. The van der Waals surface area contributed by atoms with Gasteiger partial charge in [0.15, 0.2) is 0 Å². The predicted octanol–water partition coefficient (Wildman–Crippen LogP) is 2.89. The standard InChI is InChI=1S/C13H11F2N3S/c1-8-18-6-10(19-8)5-17-7-11-12(14)2-9(4-16)3-13(11)15/h2-3,6,17H,5,7H2,1H3. The Hall–Kier alpha value is -1.84. The van der Waals surface area contributed by atoms with Gasteiger partial charge in [-0.05, 0) is 19.1 Å². The minimum absolute atomic E-state index is 0.0168. The Morgan fingerprint density at radius 2 is 2.00 bits per heavy atom. The zero-order valence-electron chi connectivity index (χ0n) is 10.2. The number of aryl methyl sites for hydroxylation is 1. The van der Waals surface area contributed by atoms with Crippen molar-refractivity contribution >= 4 is 11.3 Å². The molecular formula is C13H11F2N3S. The molecule has 1 aromatic heterocycles. The molecule has 0 aliphatic rings. The summed E-state index contributed by atoms with van der Waals surface area (Å²) in [6, 6.07) is 3.79. The minimum atomic E-state index is -0.704. The number of halogens is 2. The fourth-order valence-corrected chi connectivity index (χ4v) is 2.40. The quantitative estimate of drug-likeness (QED) is 0.936. The van der Waals surface area contributed by atoms with Crippen molar-refractivity contribution in [3.63, 3.8) is 0 Å². The lowest BCUT2D eigenvalue weighted by molar-refractivity contribution is 0.535. The van der Waals surface area contributed by atoms with Gasteiger partial charge in [-0.2, -0.15) is 5.26 Å². The number of nitrogens with zero attached hydrogens (tertiary/aromatic N) is 2. The summed E-state index contributed by atoms with van der Waals surface area (Å²) in [4.78, 5) is 5.10. The Morgan fingerprint density at radius 1 is 1.32 bits per heavy atom. The van der Waals surface area contributed by atoms with Gasteiger partial charge in [-0.3, -0.25) is 0 Å². The van der Waals surface area contributed by atoms with Crippen molar-refractivity contribution in [2.45, 2.75) is 20.0 Å². The molecule has 1 N–H and O–H groups in total. The van der Waals surface area contributed by atoms with Gasteiger partial charge < -0.3 is 5.32 Å². The maximum absolute atomic E-state index is 13.6. The first kappa shape index (κ1) is 13.6. The molecule has 98 valence electrons. The number of rotatable bonds is 4. The first-order chi connectivity index (χ1) is 9.10. The van der Waals surface area contributed by atoms with Crippen LogP contribution in [0.5, 0.6) is 0 Å². The van der Waals surface area contributed by atoms with Crippen LogP contribution in [0.2, 0.25) is 0 Å². The van der Waals surface area contributed by atoms with Gasteiger partial charge in [-0.1, -0.05) is 0 Å². The molecule has 0 radical (unpaired) electrons. The summed E-state index contributed by atoms with van der Waals surface area (Å²) in [6.45, 7) is 2.47. The summed E-state index contributed by atoms with van der Waals surface area (Å²) in [5.74, 6) is -1.41. The van der Waals surface area contributed by atoms with Gasteiger partial charge >= 0.3 is 0 Å². The van der Waals surface area contributed by atoms with Crippen LogP contribution in [0.15, 0.2) is 18.3 Å². The number of nitrogens with one attached hydrogen (secondary N) is 1. The number of nitriles is 1. The highest BCUT2D eigenvalue weighted by Gasteiger charge is 2.11. The summed E-state index contributed by atoms with van der Waals surface area (Å²) in [5.41, 5.74) is -0.0722. The third-order valence-electron chi connectivity index (χ3n) is 2.54. The first-order valence-electron chi connectivity index (χ1n) is 5.60. The highest BCUT2D eigenvalue weighted by Crippen LogP contribution is 2.16. The van der Waals surface area contributed by atoms with E-state index in [4.69, 9.17) is 5.26 Å². The average Bonchev–Trinajstić information content (AvgIpc) is 2.78. The molecule has 0 aliphatic carbocycles. The zero-order valence-corrected chi connectivity index (χ0v) is 11.0. The molecule has 19 heavy (non-hydrogen) atoms. The Kier molecular flexibility index (Phi) is 4.20. The number of hydrogen-bond acceptors (Lipinski definition) is 4. The molecule has 6 heteroatoms. The van der Waals surface area contributed by atoms with Crippen molar-refractivity contribution in [2.75, 3.05) is 0 Å². The van der Waals surface area contributed by atoms with Gasteiger partial charge in [-0.25, -0.2) is 13.8 Å². The second-order valence-corrected chi connectivity index (χ2v) is 5.30. The molecule has 0 fully saturated rings. The lowest BCUT2D eigenvalue weighted by Gasteiger charge is -2.06. The molecule has 1 heterocycles. The van der Waals surface area contributed by atoms with E-state index in [-0.39, 0.29) is 17.7 Å². The lowest BCUT2D eigenvalue weighted by Crippen LogP contribution is -2.14. The zero-order chi connectivity index (χ0) is 13.8. The van der Waals surface area contributed by atoms with Crippen LogP contribution in [-0.2, 0) is 13.1 Å². The van der Waals surface area contributed by atoms with E-state index < -0.39 is 11.6 Å². The topological polar surface area (TPSA) is 48.7 Å². The van der Waals surface area contributed by atoms with Crippen molar-refractivity contribution in [3.05, 3.63) is 51.0 Å². The number of benzene rings is 1. The summed E-state index contributed by atoms with van der Waals surface area (Å²) in [7, 11) is 0. The van der Waals surface area contributed by atoms with Gasteiger partial charge in [0.1, 0.15) is 11.6 Å². The Labute approximate surface area is 113 Å². The van der Waals surface area contributed by atoms with Crippen LogP contribution in [0.4, 0.5) is 8.78 Å². The van der Waals surface area contributed by atoms with Crippen LogP contribution in [0.1, 0.15) is 21.0 Å². The molecule has 2 aromatic rings. The summed E-state index contributed by atoms with van der Waals surface area (Å²) in [5, 5.41) is 12.5. The van der Waals surface area contributed by atoms with Gasteiger partial charge in [0.25, 0.3) is 0 Å². The molecule has 0 aliphatic heterocycles. The van der Waals surface area contributed by atoms with E-state index in [0.717, 1.165) is 22.0 Å². The van der Waals surface area contributed by atoms with Crippen LogP contribution >= 0.6 is 11.3 Å². The van der Waals surface area contributed by atoms with Crippen LogP contribution in [0.3, 0.4) is 0 Å². The molecule has 0 unspecified atom stereocenters. The highest BCUT2D eigenvalue weighted by molar-refractivity contribution is 7.11. The third-order valence-corrected chi connectivity index (χ3v) is 3.45. The van der Waals surface area contributed by atoms with Gasteiger partial charge in [-0.15, -0.1) is 11.3 Å². The van der Waals surface area contributed by atoms with Gasteiger partial charge in [0.05, 0.1) is 16.6 Å². The Morgan fingerprint density at radius 3 is 2.53 bits per heavy atom. The monoisotopic (exact) mass is 279 g/mol. The van der Waals surface area contributed by atoms with Gasteiger partial charge in [0.2, 0.25) is 0 Å². The summed E-state index contributed by atoms with van der Waals surface area (Å²) >= 11 is 1.53. The fraction of sp³-hybridized carbons (Fsp3) is 0.231. The van der Waals surface area contributed by atoms with E-state index in [1.807, 2.05) is 6.92 Å². The first-order valence-corrected chi connectivity index (χ1v) is 6.42. The van der Waals surface area contributed by atoms with Crippen LogP contribution < -0.4 is 5.32 Å². The second kappa shape index (κ2) is 5.87. The Balaban J connectivity index is 2.02. The van der Waals surface area contributed by atoms with Crippen molar-refractivity contribution in [1.29, 1.82) is 5.26 Å². The molecule has 0 bridgehead atoms.